The zero-order valence-electron chi connectivity index (χ0n) is 13.4. The van der Waals surface area contributed by atoms with E-state index in [4.69, 9.17) is 0 Å². The van der Waals surface area contributed by atoms with Gasteiger partial charge in [-0.25, -0.2) is 9.97 Å². The van der Waals surface area contributed by atoms with E-state index >= 15 is 0 Å². The second-order valence-electron chi connectivity index (χ2n) is 6.26. The maximum absolute atomic E-state index is 12.6. The first-order valence-corrected chi connectivity index (χ1v) is 8.29. The maximum atomic E-state index is 12.6. The number of carbonyl (C=O) groups excluding carboxylic acids is 1. The first-order valence-electron chi connectivity index (χ1n) is 8.29. The zero-order valence-corrected chi connectivity index (χ0v) is 13.4. The van der Waals surface area contributed by atoms with Gasteiger partial charge in [-0.15, -0.1) is 0 Å². The molecule has 0 bridgehead atoms. The van der Waals surface area contributed by atoms with Gasteiger partial charge in [-0.05, 0) is 19.9 Å². The van der Waals surface area contributed by atoms with Crippen molar-refractivity contribution in [1.82, 2.24) is 19.8 Å². The van der Waals surface area contributed by atoms with Gasteiger partial charge < -0.3 is 14.7 Å². The molecule has 22 heavy (non-hydrogen) atoms. The third kappa shape index (κ3) is 3.55. The molecule has 0 aliphatic carbocycles. The van der Waals surface area contributed by atoms with Crippen LogP contribution < -0.4 is 4.90 Å². The predicted molar refractivity (Wildman–Crippen MR) is 86.1 cm³/mol. The topological polar surface area (TPSA) is 52.6 Å². The molecule has 1 amide bonds. The fourth-order valence-electron chi connectivity index (χ4n) is 3.11. The Morgan fingerprint density at radius 3 is 2.32 bits per heavy atom. The van der Waals surface area contributed by atoms with Crippen LogP contribution in [0.4, 0.5) is 5.82 Å². The standard InChI is InChI=1S/C16H25N5O/c1-19-8-10-21(11-9-19)16(22)14-12-15(18-13-17-14)20-6-4-2-3-5-7-20/h12-13H,2-11H2,1H3. The Morgan fingerprint density at radius 2 is 1.64 bits per heavy atom. The number of rotatable bonds is 2. The number of likely N-dealkylation sites (N-methyl/N-ethyl adjacent to an activating group) is 1. The van der Waals surface area contributed by atoms with Crippen LogP contribution in [0.3, 0.4) is 0 Å². The van der Waals surface area contributed by atoms with E-state index < -0.39 is 0 Å². The first-order chi connectivity index (χ1) is 10.7. The predicted octanol–water partition coefficient (Wildman–Crippen LogP) is 1.24. The SMILES string of the molecule is CN1CCN(C(=O)c2cc(N3CCCCCC3)ncn2)CC1. The molecule has 2 aliphatic heterocycles. The lowest BCUT2D eigenvalue weighted by Gasteiger charge is -2.32. The van der Waals surface area contributed by atoms with E-state index in [1.165, 1.54) is 32.0 Å². The van der Waals surface area contributed by atoms with E-state index in [1.807, 2.05) is 11.0 Å². The molecule has 0 spiro atoms. The Morgan fingerprint density at radius 1 is 0.955 bits per heavy atom. The molecule has 0 radical (unpaired) electrons. The van der Waals surface area contributed by atoms with Gasteiger partial charge in [0.15, 0.2) is 0 Å². The number of hydrogen-bond acceptors (Lipinski definition) is 5. The lowest BCUT2D eigenvalue weighted by atomic mass is 10.2. The van der Waals surface area contributed by atoms with Crippen LogP contribution in [0.25, 0.3) is 0 Å². The summed E-state index contributed by atoms with van der Waals surface area (Å²) in [5.41, 5.74) is 0.527. The number of nitrogens with zero attached hydrogens (tertiary/aromatic N) is 5. The van der Waals surface area contributed by atoms with Crippen molar-refractivity contribution < 1.29 is 4.79 Å². The van der Waals surface area contributed by atoms with E-state index in [0.717, 1.165) is 45.1 Å². The summed E-state index contributed by atoms with van der Waals surface area (Å²) in [5, 5.41) is 0. The summed E-state index contributed by atoms with van der Waals surface area (Å²) < 4.78 is 0. The second-order valence-corrected chi connectivity index (χ2v) is 6.26. The van der Waals surface area contributed by atoms with Gasteiger partial charge in [0.05, 0.1) is 0 Å². The van der Waals surface area contributed by atoms with Gasteiger partial charge in [0.25, 0.3) is 5.91 Å². The van der Waals surface area contributed by atoms with Crippen molar-refractivity contribution in [2.75, 3.05) is 51.2 Å². The Hall–Kier alpha value is -1.69. The molecule has 0 aromatic carbocycles. The Bertz CT molecular complexity index is 505. The molecule has 120 valence electrons. The highest BCUT2D eigenvalue weighted by atomic mass is 16.2. The van der Waals surface area contributed by atoms with Crippen molar-refractivity contribution in [3.8, 4) is 0 Å². The fourth-order valence-corrected chi connectivity index (χ4v) is 3.11. The number of anilines is 1. The van der Waals surface area contributed by atoms with Crippen molar-refractivity contribution in [3.63, 3.8) is 0 Å². The third-order valence-electron chi connectivity index (χ3n) is 4.59. The number of carbonyl (C=O) groups is 1. The Labute approximate surface area is 132 Å². The van der Waals surface area contributed by atoms with E-state index in [-0.39, 0.29) is 5.91 Å². The fraction of sp³-hybridized carbons (Fsp3) is 0.688. The molecule has 3 heterocycles. The number of aromatic nitrogens is 2. The van der Waals surface area contributed by atoms with Crippen LogP contribution in [0.15, 0.2) is 12.4 Å². The Kier molecular flexibility index (Phi) is 4.87. The lowest BCUT2D eigenvalue weighted by Crippen LogP contribution is -2.47. The van der Waals surface area contributed by atoms with Gasteiger partial charge in [-0.1, -0.05) is 12.8 Å². The normalized spacial score (nSPS) is 20.8. The van der Waals surface area contributed by atoms with Crippen LogP contribution in [-0.4, -0.2) is 72.0 Å². The quantitative estimate of drug-likeness (QED) is 0.823. The van der Waals surface area contributed by atoms with Gasteiger partial charge in [0.1, 0.15) is 17.8 Å². The largest absolute Gasteiger partial charge is 0.357 e. The van der Waals surface area contributed by atoms with Gasteiger partial charge in [-0.2, -0.15) is 0 Å². The van der Waals surface area contributed by atoms with Crippen molar-refractivity contribution >= 4 is 11.7 Å². The van der Waals surface area contributed by atoms with Crippen LogP contribution in [0.5, 0.6) is 0 Å². The van der Waals surface area contributed by atoms with Crippen LogP contribution in [0.1, 0.15) is 36.2 Å². The van der Waals surface area contributed by atoms with E-state index in [9.17, 15) is 4.79 Å². The van der Waals surface area contributed by atoms with Crippen molar-refractivity contribution in [2.45, 2.75) is 25.7 Å². The first kappa shape index (κ1) is 15.2. The highest BCUT2D eigenvalue weighted by Crippen LogP contribution is 2.18. The minimum absolute atomic E-state index is 0.0339. The molecule has 2 saturated heterocycles. The molecule has 1 aromatic heterocycles. The monoisotopic (exact) mass is 303 g/mol. The molecule has 2 aliphatic rings. The van der Waals surface area contributed by atoms with Gasteiger partial charge >= 0.3 is 0 Å². The summed E-state index contributed by atoms with van der Waals surface area (Å²) in [6, 6.07) is 1.87. The molecule has 0 atom stereocenters. The van der Waals surface area contributed by atoms with Crippen molar-refractivity contribution in [2.24, 2.45) is 0 Å². The van der Waals surface area contributed by atoms with E-state index in [2.05, 4.69) is 26.8 Å². The molecule has 0 saturated carbocycles. The lowest BCUT2D eigenvalue weighted by molar-refractivity contribution is 0.0658. The highest BCUT2D eigenvalue weighted by molar-refractivity contribution is 5.93. The van der Waals surface area contributed by atoms with Gasteiger partial charge in [-0.3, -0.25) is 4.79 Å². The average molecular weight is 303 g/mol. The van der Waals surface area contributed by atoms with E-state index in [0.29, 0.717) is 5.69 Å². The van der Waals surface area contributed by atoms with Crippen molar-refractivity contribution in [1.29, 1.82) is 0 Å². The zero-order chi connectivity index (χ0) is 15.4. The van der Waals surface area contributed by atoms with Crippen LogP contribution in [0.2, 0.25) is 0 Å². The Balaban J connectivity index is 1.71. The number of hydrogen-bond donors (Lipinski definition) is 0. The van der Waals surface area contributed by atoms with E-state index in [1.54, 1.807) is 0 Å². The summed E-state index contributed by atoms with van der Waals surface area (Å²) >= 11 is 0. The van der Waals surface area contributed by atoms with Crippen molar-refractivity contribution in [3.05, 3.63) is 18.1 Å². The molecule has 0 unspecified atom stereocenters. The molecule has 3 rings (SSSR count). The summed E-state index contributed by atoms with van der Waals surface area (Å²) in [6.07, 6.45) is 6.50. The average Bonchev–Trinajstić information content (AvgIpc) is 2.84. The molecule has 6 nitrogen and oxygen atoms in total. The summed E-state index contributed by atoms with van der Waals surface area (Å²) in [4.78, 5) is 27.6. The summed E-state index contributed by atoms with van der Waals surface area (Å²) in [6.45, 7) is 5.46. The molecule has 0 N–H and O–H groups in total. The molecular formula is C16H25N5O. The minimum atomic E-state index is 0.0339. The third-order valence-corrected chi connectivity index (χ3v) is 4.59. The van der Waals surface area contributed by atoms with Gasteiger partial charge in [0, 0.05) is 45.3 Å². The van der Waals surface area contributed by atoms with Gasteiger partial charge in [0.2, 0.25) is 0 Å². The smallest absolute Gasteiger partial charge is 0.272 e. The maximum Gasteiger partial charge on any atom is 0.272 e. The summed E-state index contributed by atoms with van der Waals surface area (Å²) in [5.74, 6) is 0.931. The molecule has 6 heteroatoms. The highest BCUT2D eigenvalue weighted by Gasteiger charge is 2.22. The molecule has 1 aromatic rings. The van der Waals surface area contributed by atoms with Crippen LogP contribution in [-0.2, 0) is 0 Å². The molecular weight excluding hydrogens is 278 g/mol. The summed E-state index contributed by atoms with van der Waals surface area (Å²) in [7, 11) is 2.09. The molecule has 2 fully saturated rings. The van der Waals surface area contributed by atoms with Crippen LogP contribution in [0, 0.1) is 0 Å². The number of piperazine rings is 1. The minimum Gasteiger partial charge on any atom is -0.357 e. The number of amides is 1. The van der Waals surface area contributed by atoms with Crippen LogP contribution >= 0.6 is 0 Å². The second kappa shape index (κ2) is 7.05.